The molecule has 0 spiro atoms. The molecule has 168 valence electrons. The lowest BCUT2D eigenvalue weighted by Crippen LogP contribution is -2.39. The maximum Gasteiger partial charge on any atom is 0.256 e. The molecule has 0 aromatic carbocycles. The van der Waals surface area contributed by atoms with Gasteiger partial charge in [-0.25, -0.2) is 9.97 Å². The minimum absolute atomic E-state index is 0.0281. The monoisotopic (exact) mass is 433 g/mol. The second-order valence-electron chi connectivity index (χ2n) is 9.41. The van der Waals surface area contributed by atoms with Gasteiger partial charge in [0.2, 0.25) is 5.91 Å². The second kappa shape index (κ2) is 8.96. The van der Waals surface area contributed by atoms with Crippen LogP contribution in [0.3, 0.4) is 0 Å². The van der Waals surface area contributed by atoms with Crippen LogP contribution in [0, 0.1) is 12.8 Å². The van der Waals surface area contributed by atoms with Crippen LogP contribution >= 0.6 is 0 Å². The summed E-state index contributed by atoms with van der Waals surface area (Å²) < 4.78 is 0. The number of likely N-dealkylation sites (tertiary alicyclic amines) is 1. The van der Waals surface area contributed by atoms with E-state index in [4.69, 9.17) is 9.97 Å². The summed E-state index contributed by atoms with van der Waals surface area (Å²) >= 11 is 0. The highest BCUT2D eigenvalue weighted by atomic mass is 16.2. The zero-order valence-corrected chi connectivity index (χ0v) is 18.8. The fraction of sp³-hybridized carbons (Fsp3) is 0.560. The molecule has 2 amide bonds. The zero-order chi connectivity index (χ0) is 22.1. The number of hydrogen-bond acceptors (Lipinski definition) is 5. The lowest BCUT2D eigenvalue weighted by atomic mass is 9.89. The van der Waals surface area contributed by atoms with Gasteiger partial charge in [-0.1, -0.05) is 19.3 Å². The predicted octanol–water partition coefficient (Wildman–Crippen LogP) is 4.02. The number of hydrogen-bond donors (Lipinski definition) is 0. The Bertz CT molecular complexity index is 1000. The van der Waals surface area contributed by atoms with Crippen LogP contribution in [0.1, 0.15) is 84.8 Å². The molecular weight excluding hydrogens is 402 g/mol. The van der Waals surface area contributed by atoms with Gasteiger partial charge in [0, 0.05) is 36.7 Å². The summed E-state index contributed by atoms with van der Waals surface area (Å²) in [4.78, 5) is 43.8. The Labute approximate surface area is 189 Å². The molecule has 2 aromatic rings. The van der Waals surface area contributed by atoms with E-state index >= 15 is 0 Å². The summed E-state index contributed by atoms with van der Waals surface area (Å²) in [6, 6.07) is 3.42. The van der Waals surface area contributed by atoms with E-state index in [0.29, 0.717) is 30.3 Å². The third-order valence-corrected chi connectivity index (χ3v) is 7.23. The van der Waals surface area contributed by atoms with Gasteiger partial charge >= 0.3 is 0 Å². The van der Waals surface area contributed by atoms with Crippen LogP contribution in [0.2, 0.25) is 0 Å². The minimum atomic E-state index is -0.173. The predicted molar refractivity (Wildman–Crippen MR) is 121 cm³/mol. The Morgan fingerprint density at radius 2 is 1.91 bits per heavy atom. The molecule has 1 atom stereocenters. The maximum atomic E-state index is 13.2. The highest BCUT2D eigenvalue weighted by Crippen LogP contribution is 2.36. The van der Waals surface area contributed by atoms with E-state index < -0.39 is 0 Å². The van der Waals surface area contributed by atoms with Gasteiger partial charge in [0.25, 0.3) is 5.91 Å². The van der Waals surface area contributed by atoms with Crippen LogP contribution < -0.4 is 4.90 Å². The van der Waals surface area contributed by atoms with Crippen LogP contribution in [-0.4, -0.2) is 44.8 Å². The van der Waals surface area contributed by atoms with Gasteiger partial charge in [-0.2, -0.15) is 0 Å². The molecule has 7 heteroatoms. The van der Waals surface area contributed by atoms with Crippen LogP contribution in [0.25, 0.3) is 0 Å². The number of fused-ring (bicyclic) bond motifs is 1. The largest absolute Gasteiger partial charge is 0.328 e. The number of piperidine rings is 1. The topological polar surface area (TPSA) is 79.3 Å². The number of pyridine rings is 1. The summed E-state index contributed by atoms with van der Waals surface area (Å²) in [5, 5.41) is 0. The van der Waals surface area contributed by atoms with E-state index in [0.717, 1.165) is 42.9 Å². The quantitative estimate of drug-likeness (QED) is 0.728. The van der Waals surface area contributed by atoms with E-state index in [1.54, 1.807) is 24.5 Å². The van der Waals surface area contributed by atoms with Crippen LogP contribution in [-0.2, 0) is 11.2 Å². The molecule has 2 fully saturated rings. The molecule has 0 N–H and O–H groups in total. The van der Waals surface area contributed by atoms with Crippen molar-refractivity contribution in [1.82, 2.24) is 19.9 Å². The van der Waals surface area contributed by atoms with Gasteiger partial charge in [-0.15, -0.1) is 0 Å². The normalized spacial score (nSPS) is 21.7. The molecule has 3 aliphatic rings. The van der Waals surface area contributed by atoms with Gasteiger partial charge in [-0.05, 0) is 57.1 Å². The lowest BCUT2D eigenvalue weighted by molar-refractivity contribution is -0.117. The van der Waals surface area contributed by atoms with Crippen molar-refractivity contribution in [3.05, 3.63) is 47.2 Å². The number of anilines is 1. The van der Waals surface area contributed by atoms with Gasteiger partial charge < -0.3 is 4.90 Å². The molecule has 32 heavy (non-hydrogen) atoms. The van der Waals surface area contributed by atoms with E-state index in [1.807, 2.05) is 16.7 Å². The second-order valence-corrected chi connectivity index (χ2v) is 9.41. The number of amides is 2. The van der Waals surface area contributed by atoms with Crippen molar-refractivity contribution >= 4 is 17.6 Å². The van der Waals surface area contributed by atoms with E-state index in [9.17, 15) is 9.59 Å². The molecule has 0 unspecified atom stereocenters. The Kier molecular flexibility index (Phi) is 5.89. The molecule has 7 nitrogen and oxygen atoms in total. The minimum Gasteiger partial charge on any atom is -0.328 e. The fourth-order valence-corrected chi connectivity index (χ4v) is 5.46. The zero-order valence-electron chi connectivity index (χ0n) is 18.8. The first-order valence-electron chi connectivity index (χ1n) is 12.0. The Hall–Kier alpha value is -2.83. The average Bonchev–Trinajstić information content (AvgIpc) is 3.15. The molecule has 1 saturated carbocycles. The SMILES string of the molecule is Cc1nc([C@H]2CCCCN2C(=O)c2cccnc2)nc2c1CC(=O)N2CC1CCCCC1. The van der Waals surface area contributed by atoms with Gasteiger partial charge in [0.05, 0.1) is 18.0 Å². The third kappa shape index (κ3) is 4.00. The van der Waals surface area contributed by atoms with Crippen molar-refractivity contribution in [1.29, 1.82) is 0 Å². The number of aromatic nitrogens is 3. The highest BCUT2D eigenvalue weighted by Gasteiger charge is 2.36. The standard InChI is InChI=1S/C25H31N5O2/c1-17-20-14-22(31)30(16-18-8-3-2-4-9-18)24(20)28-23(27-17)21-11-5-6-13-29(21)25(32)19-10-7-12-26-15-19/h7,10,12,15,18,21H,2-6,8-9,11,13-14,16H2,1H3/t21-/m1/s1. The smallest absolute Gasteiger partial charge is 0.256 e. The van der Waals surface area contributed by atoms with E-state index in [-0.39, 0.29) is 17.9 Å². The van der Waals surface area contributed by atoms with Crippen LogP contribution in [0.15, 0.2) is 24.5 Å². The summed E-state index contributed by atoms with van der Waals surface area (Å²) in [6.07, 6.45) is 12.7. The molecule has 5 rings (SSSR count). The first-order valence-corrected chi connectivity index (χ1v) is 12.0. The van der Waals surface area contributed by atoms with Crippen molar-refractivity contribution in [2.45, 2.75) is 70.8 Å². The molecule has 1 aliphatic carbocycles. The van der Waals surface area contributed by atoms with Crippen LogP contribution in [0.5, 0.6) is 0 Å². The molecule has 4 heterocycles. The highest BCUT2D eigenvalue weighted by molar-refractivity contribution is 6.00. The number of nitrogens with zero attached hydrogens (tertiary/aromatic N) is 5. The van der Waals surface area contributed by atoms with Gasteiger partial charge in [-0.3, -0.25) is 19.5 Å². The molecule has 1 saturated heterocycles. The average molecular weight is 434 g/mol. The Morgan fingerprint density at radius 1 is 1.09 bits per heavy atom. The van der Waals surface area contributed by atoms with Crippen molar-refractivity contribution in [3.63, 3.8) is 0 Å². The molecular formula is C25H31N5O2. The first-order chi connectivity index (χ1) is 15.6. The van der Waals surface area contributed by atoms with Crippen molar-refractivity contribution in [2.75, 3.05) is 18.0 Å². The molecule has 2 aromatic heterocycles. The summed E-state index contributed by atoms with van der Waals surface area (Å²) in [7, 11) is 0. The fourth-order valence-electron chi connectivity index (χ4n) is 5.46. The molecule has 0 radical (unpaired) electrons. The number of aryl methyl sites for hydroxylation is 1. The summed E-state index contributed by atoms with van der Waals surface area (Å²) in [5.41, 5.74) is 2.41. The Balaban J connectivity index is 1.45. The van der Waals surface area contributed by atoms with Gasteiger partial charge in [0.15, 0.2) is 5.82 Å². The number of carbonyl (C=O) groups excluding carboxylic acids is 2. The van der Waals surface area contributed by atoms with Crippen LogP contribution in [0.4, 0.5) is 5.82 Å². The lowest BCUT2D eigenvalue weighted by Gasteiger charge is -2.35. The third-order valence-electron chi connectivity index (χ3n) is 7.23. The van der Waals surface area contributed by atoms with E-state index in [2.05, 4.69) is 4.98 Å². The first kappa shape index (κ1) is 21.0. The Morgan fingerprint density at radius 3 is 2.69 bits per heavy atom. The van der Waals surface area contributed by atoms with Gasteiger partial charge in [0.1, 0.15) is 5.82 Å². The molecule has 0 bridgehead atoms. The molecule has 2 aliphatic heterocycles. The van der Waals surface area contributed by atoms with Crippen molar-refractivity contribution < 1.29 is 9.59 Å². The van der Waals surface area contributed by atoms with Crippen molar-refractivity contribution in [2.24, 2.45) is 5.92 Å². The summed E-state index contributed by atoms with van der Waals surface area (Å²) in [6.45, 7) is 3.41. The number of carbonyl (C=O) groups is 2. The van der Waals surface area contributed by atoms with E-state index in [1.165, 1.54) is 32.1 Å². The number of rotatable bonds is 4. The summed E-state index contributed by atoms with van der Waals surface area (Å²) in [5.74, 6) is 2.10. The maximum absolute atomic E-state index is 13.2. The van der Waals surface area contributed by atoms with Crippen molar-refractivity contribution in [3.8, 4) is 0 Å².